The van der Waals surface area contributed by atoms with Crippen molar-refractivity contribution in [3.8, 4) is 0 Å². The number of aromatic nitrogens is 3. The van der Waals surface area contributed by atoms with E-state index >= 15 is 0 Å². The number of likely N-dealkylation sites (tertiary alicyclic amines) is 1. The molecule has 1 amide bonds. The van der Waals surface area contributed by atoms with Gasteiger partial charge in [0.05, 0.1) is 27.8 Å². The maximum atomic E-state index is 12.8. The van der Waals surface area contributed by atoms with Gasteiger partial charge in [-0.05, 0) is 37.8 Å². The molecule has 6 nitrogen and oxygen atoms in total. The van der Waals surface area contributed by atoms with E-state index < -0.39 is 0 Å². The van der Waals surface area contributed by atoms with Crippen molar-refractivity contribution in [3.63, 3.8) is 0 Å². The van der Waals surface area contributed by atoms with Crippen molar-refractivity contribution in [1.29, 1.82) is 0 Å². The maximum Gasteiger partial charge on any atom is 0.274 e. The quantitative estimate of drug-likeness (QED) is 0.737. The van der Waals surface area contributed by atoms with Crippen LogP contribution < -0.4 is 5.56 Å². The van der Waals surface area contributed by atoms with Crippen molar-refractivity contribution in [1.82, 2.24) is 19.3 Å². The molecule has 27 heavy (non-hydrogen) atoms. The van der Waals surface area contributed by atoms with Crippen LogP contribution >= 0.6 is 11.6 Å². The number of hydrogen-bond donors (Lipinski definition) is 1. The summed E-state index contributed by atoms with van der Waals surface area (Å²) in [4.78, 5) is 34.6. The Morgan fingerprint density at radius 1 is 1.22 bits per heavy atom. The molecule has 1 fully saturated rings. The number of fused-ring (bicyclic) bond motifs is 3. The van der Waals surface area contributed by atoms with Crippen LogP contribution in [0.1, 0.15) is 61.6 Å². The largest absolute Gasteiger partial charge is 0.339 e. The Balaban J connectivity index is 1.95. The van der Waals surface area contributed by atoms with Crippen LogP contribution in [0.3, 0.4) is 0 Å². The molecule has 7 heteroatoms. The Morgan fingerprint density at radius 3 is 2.59 bits per heavy atom. The van der Waals surface area contributed by atoms with E-state index in [-0.39, 0.29) is 17.4 Å². The number of halogens is 1. The number of nitrogens with zero attached hydrogens (tertiary/aromatic N) is 3. The molecule has 1 N–H and O–H groups in total. The van der Waals surface area contributed by atoms with Gasteiger partial charge in [0.2, 0.25) is 0 Å². The fourth-order valence-electron chi connectivity index (χ4n) is 4.01. The standard InChI is InChI=1S/C20H23ClN4O2/c1-3-12(4-2)18-22-11-17-19(26)23-15-9-13(14(21)10-16(15)25(17)18)20(27)24-7-5-6-8-24/h9-12H,3-8H2,1-2H3,(H,23,26). The molecule has 0 unspecified atom stereocenters. The van der Waals surface area contributed by atoms with Crippen LogP contribution in [0, 0.1) is 0 Å². The average Bonchev–Trinajstić information content (AvgIpc) is 3.33. The Hall–Kier alpha value is -2.34. The lowest BCUT2D eigenvalue weighted by Gasteiger charge is -2.17. The van der Waals surface area contributed by atoms with Gasteiger partial charge in [-0.1, -0.05) is 25.4 Å². The Kier molecular flexibility index (Phi) is 4.68. The minimum absolute atomic E-state index is 0.0776. The van der Waals surface area contributed by atoms with Gasteiger partial charge in [0, 0.05) is 19.0 Å². The van der Waals surface area contributed by atoms with Crippen molar-refractivity contribution in [2.24, 2.45) is 0 Å². The molecule has 1 aliphatic rings. The fraction of sp³-hybridized carbons (Fsp3) is 0.450. The fourth-order valence-corrected chi connectivity index (χ4v) is 4.25. The van der Waals surface area contributed by atoms with E-state index in [1.165, 1.54) is 0 Å². The third kappa shape index (κ3) is 2.92. The monoisotopic (exact) mass is 386 g/mol. The molecular formula is C20H23ClN4O2. The van der Waals surface area contributed by atoms with Gasteiger partial charge in [0.25, 0.3) is 11.5 Å². The van der Waals surface area contributed by atoms with Gasteiger partial charge in [-0.25, -0.2) is 4.98 Å². The van der Waals surface area contributed by atoms with Gasteiger partial charge >= 0.3 is 0 Å². The second kappa shape index (κ2) is 7.00. The Labute approximate surface area is 162 Å². The average molecular weight is 387 g/mol. The highest BCUT2D eigenvalue weighted by atomic mass is 35.5. The minimum atomic E-state index is -0.214. The van der Waals surface area contributed by atoms with Crippen LogP contribution in [0.2, 0.25) is 5.02 Å². The highest BCUT2D eigenvalue weighted by Gasteiger charge is 2.24. The van der Waals surface area contributed by atoms with Gasteiger partial charge in [-0.3, -0.25) is 14.0 Å². The Bertz CT molecular complexity index is 1070. The predicted octanol–water partition coefficient (Wildman–Crippen LogP) is 3.97. The number of benzene rings is 1. The molecule has 0 spiro atoms. The minimum Gasteiger partial charge on any atom is -0.339 e. The molecule has 1 saturated heterocycles. The van der Waals surface area contributed by atoms with Crippen LogP contribution in [-0.2, 0) is 0 Å². The number of aromatic amines is 1. The maximum absolute atomic E-state index is 12.8. The van der Waals surface area contributed by atoms with Crippen LogP contribution in [0.25, 0.3) is 16.6 Å². The van der Waals surface area contributed by atoms with E-state index in [0.29, 0.717) is 21.6 Å². The third-order valence-electron chi connectivity index (χ3n) is 5.57. The summed E-state index contributed by atoms with van der Waals surface area (Å²) in [5, 5.41) is 0.400. The molecule has 1 aromatic carbocycles. The lowest BCUT2D eigenvalue weighted by Crippen LogP contribution is -2.28. The highest BCUT2D eigenvalue weighted by molar-refractivity contribution is 6.34. The van der Waals surface area contributed by atoms with Crippen molar-refractivity contribution < 1.29 is 4.79 Å². The first-order chi connectivity index (χ1) is 13.0. The first kappa shape index (κ1) is 18.0. The Morgan fingerprint density at radius 2 is 1.93 bits per heavy atom. The SMILES string of the molecule is CCC(CC)c1ncc2c(=O)[nH]c3cc(C(=O)N4CCCC4)c(Cl)cc3n12. The van der Waals surface area contributed by atoms with E-state index in [2.05, 4.69) is 23.8 Å². The summed E-state index contributed by atoms with van der Waals surface area (Å²) < 4.78 is 1.89. The topological polar surface area (TPSA) is 70.5 Å². The van der Waals surface area contributed by atoms with Crippen LogP contribution in [-0.4, -0.2) is 38.3 Å². The molecule has 2 aromatic heterocycles. The molecule has 0 bridgehead atoms. The molecule has 1 aliphatic heterocycles. The summed E-state index contributed by atoms with van der Waals surface area (Å²) in [5.41, 5.74) is 2.09. The third-order valence-corrected chi connectivity index (χ3v) is 5.88. The zero-order chi connectivity index (χ0) is 19.1. The zero-order valence-electron chi connectivity index (χ0n) is 15.6. The predicted molar refractivity (Wildman–Crippen MR) is 107 cm³/mol. The normalized spacial score (nSPS) is 14.7. The molecule has 4 rings (SSSR count). The highest BCUT2D eigenvalue weighted by Crippen LogP contribution is 2.29. The summed E-state index contributed by atoms with van der Waals surface area (Å²) in [6.07, 6.45) is 5.51. The molecular weight excluding hydrogens is 364 g/mol. The van der Waals surface area contributed by atoms with Crippen LogP contribution in [0.15, 0.2) is 23.1 Å². The summed E-state index contributed by atoms with van der Waals surface area (Å²) in [5.74, 6) is 1.04. The van der Waals surface area contributed by atoms with Crippen LogP contribution in [0.5, 0.6) is 0 Å². The number of carbonyl (C=O) groups is 1. The van der Waals surface area contributed by atoms with E-state index in [0.717, 1.165) is 50.1 Å². The number of hydrogen-bond acceptors (Lipinski definition) is 3. The molecule has 0 saturated carbocycles. The van der Waals surface area contributed by atoms with E-state index in [9.17, 15) is 9.59 Å². The number of amides is 1. The molecule has 3 aromatic rings. The molecule has 142 valence electrons. The van der Waals surface area contributed by atoms with Crippen molar-refractivity contribution >= 4 is 34.1 Å². The second-order valence-corrected chi connectivity index (χ2v) is 7.56. The van der Waals surface area contributed by atoms with E-state index in [4.69, 9.17) is 11.6 Å². The number of carbonyl (C=O) groups excluding carboxylic acids is 1. The lowest BCUT2D eigenvalue weighted by molar-refractivity contribution is 0.0793. The van der Waals surface area contributed by atoms with Crippen LogP contribution in [0.4, 0.5) is 0 Å². The van der Waals surface area contributed by atoms with Gasteiger partial charge < -0.3 is 9.88 Å². The van der Waals surface area contributed by atoms with Gasteiger partial charge in [0.1, 0.15) is 11.3 Å². The molecule has 0 radical (unpaired) electrons. The zero-order valence-corrected chi connectivity index (χ0v) is 16.3. The van der Waals surface area contributed by atoms with Crippen molar-refractivity contribution in [2.45, 2.75) is 45.4 Å². The van der Waals surface area contributed by atoms with E-state index in [1.54, 1.807) is 18.3 Å². The van der Waals surface area contributed by atoms with Gasteiger partial charge in [-0.2, -0.15) is 0 Å². The van der Waals surface area contributed by atoms with Gasteiger partial charge in [0.15, 0.2) is 0 Å². The number of rotatable bonds is 4. The first-order valence-electron chi connectivity index (χ1n) is 9.57. The number of nitrogens with one attached hydrogen (secondary N) is 1. The second-order valence-electron chi connectivity index (χ2n) is 7.15. The summed E-state index contributed by atoms with van der Waals surface area (Å²) in [6.45, 7) is 5.74. The molecule has 3 heterocycles. The lowest BCUT2D eigenvalue weighted by atomic mass is 10.0. The smallest absolute Gasteiger partial charge is 0.274 e. The summed E-state index contributed by atoms with van der Waals surface area (Å²) in [7, 11) is 0. The van der Waals surface area contributed by atoms with Crippen molar-refractivity contribution in [3.05, 3.63) is 45.1 Å². The van der Waals surface area contributed by atoms with Gasteiger partial charge in [-0.15, -0.1) is 0 Å². The number of H-pyrrole nitrogens is 1. The summed E-state index contributed by atoms with van der Waals surface area (Å²) >= 11 is 6.51. The molecule has 0 aliphatic carbocycles. The first-order valence-corrected chi connectivity index (χ1v) is 9.95. The summed E-state index contributed by atoms with van der Waals surface area (Å²) in [6, 6.07) is 3.48. The molecule has 0 atom stereocenters. The van der Waals surface area contributed by atoms with Crippen molar-refractivity contribution in [2.75, 3.05) is 13.1 Å². The van der Waals surface area contributed by atoms with E-state index in [1.807, 2.05) is 9.30 Å². The number of imidazole rings is 1.